The van der Waals surface area contributed by atoms with Crippen LogP contribution in [-0.2, 0) is 6.54 Å². The Morgan fingerprint density at radius 3 is 2.62 bits per heavy atom. The van der Waals surface area contributed by atoms with Crippen molar-refractivity contribution in [3.63, 3.8) is 0 Å². The molecule has 0 aliphatic heterocycles. The fourth-order valence-corrected chi connectivity index (χ4v) is 1.71. The van der Waals surface area contributed by atoms with Crippen molar-refractivity contribution in [1.29, 1.82) is 0 Å². The van der Waals surface area contributed by atoms with Crippen LogP contribution in [0.3, 0.4) is 0 Å². The Kier molecular flexibility index (Phi) is 3.36. The van der Waals surface area contributed by atoms with Gasteiger partial charge in [0.2, 0.25) is 0 Å². The molecule has 0 amide bonds. The first-order valence-corrected chi connectivity index (χ1v) is 5.61. The van der Waals surface area contributed by atoms with Crippen LogP contribution in [0.1, 0.15) is 6.92 Å². The van der Waals surface area contributed by atoms with E-state index in [2.05, 4.69) is 5.10 Å². The van der Waals surface area contributed by atoms with E-state index in [1.54, 1.807) is 23.0 Å². The third-order valence-corrected chi connectivity index (χ3v) is 2.79. The van der Waals surface area contributed by atoms with E-state index in [0.29, 0.717) is 28.2 Å². The van der Waals surface area contributed by atoms with Crippen molar-refractivity contribution in [2.24, 2.45) is 0 Å². The third kappa shape index (κ3) is 2.15. The Hall–Kier alpha value is -1.19. The van der Waals surface area contributed by atoms with Crippen molar-refractivity contribution in [1.82, 2.24) is 9.78 Å². The zero-order valence-corrected chi connectivity index (χ0v) is 10.2. The molecule has 2 rings (SSSR count). The van der Waals surface area contributed by atoms with Gasteiger partial charge in [-0.2, -0.15) is 5.10 Å². The molecule has 0 unspecified atom stereocenters. The van der Waals surface area contributed by atoms with Gasteiger partial charge < -0.3 is 4.74 Å². The van der Waals surface area contributed by atoms with E-state index in [1.807, 2.05) is 19.1 Å². The summed E-state index contributed by atoms with van der Waals surface area (Å²) in [7, 11) is 0. The molecule has 0 aliphatic rings. The minimum atomic E-state index is 0.474. The summed E-state index contributed by atoms with van der Waals surface area (Å²) in [5.74, 6) is 1.08. The fourth-order valence-electron chi connectivity index (χ4n) is 1.29. The van der Waals surface area contributed by atoms with Crippen molar-refractivity contribution < 1.29 is 4.74 Å². The Labute approximate surface area is 104 Å². The van der Waals surface area contributed by atoms with Gasteiger partial charge in [-0.15, -0.1) is 0 Å². The lowest BCUT2D eigenvalue weighted by atomic mass is 10.3. The number of aromatic nitrogens is 2. The number of nitrogens with zero attached hydrogens (tertiary/aromatic N) is 2. The molecule has 0 saturated heterocycles. The molecule has 2 aromatic rings. The summed E-state index contributed by atoms with van der Waals surface area (Å²) in [5, 5.41) is 5.10. The van der Waals surface area contributed by atoms with Gasteiger partial charge in [-0.05, 0) is 19.1 Å². The van der Waals surface area contributed by atoms with Crippen molar-refractivity contribution in [3.05, 3.63) is 40.6 Å². The molecule has 1 aromatic heterocycles. The number of rotatable bonds is 3. The van der Waals surface area contributed by atoms with Gasteiger partial charge in [0.1, 0.15) is 5.75 Å². The topological polar surface area (TPSA) is 27.1 Å². The van der Waals surface area contributed by atoms with Crippen LogP contribution in [0, 0.1) is 0 Å². The van der Waals surface area contributed by atoms with Crippen molar-refractivity contribution in [3.8, 4) is 11.5 Å². The van der Waals surface area contributed by atoms with Crippen LogP contribution in [0.5, 0.6) is 11.5 Å². The average molecular weight is 257 g/mol. The van der Waals surface area contributed by atoms with Crippen molar-refractivity contribution in [2.75, 3.05) is 0 Å². The second-order valence-corrected chi connectivity index (χ2v) is 3.91. The van der Waals surface area contributed by atoms with Gasteiger partial charge in [-0.3, -0.25) is 4.68 Å². The lowest BCUT2D eigenvalue weighted by molar-refractivity contribution is 0.482. The normalized spacial score (nSPS) is 10.4. The predicted molar refractivity (Wildman–Crippen MR) is 64.4 cm³/mol. The third-order valence-electron chi connectivity index (χ3n) is 2.10. The standard InChI is InChI=1S/C11H10Cl2N2O/c1-2-15-11(13)10(7-14-15)16-9-6-4-3-5-8(9)12/h3-7H,2H2,1H3. The van der Waals surface area contributed by atoms with Crippen molar-refractivity contribution >= 4 is 23.2 Å². The monoisotopic (exact) mass is 256 g/mol. The SMILES string of the molecule is CCn1ncc(Oc2ccccc2Cl)c1Cl. The summed E-state index contributed by atoms with van der Waals surface area (Å²) in [6, 6.07) is 7.22. The van der Waals surface area contributed by atoms with Crippen LogP contribution < -0.4 is 4.74 Å². The molecule has 84 valence electrons. The molecule has 0 N–H and O–H groups in total. The minimum Gasteiger partial charge on any atom is -0.451 e. The average Bonchev–Trinajstić information content (AvgIpc) is 2.63. The van der Waals surface area contributed by atoms with E-state index >= 15 is 0 Å². The Bertz CT molecular complexity index is 496. The molecule has 16 heavy (non-hydrogen) atoms. The quantitative estimate of drug-likeness (QED) is 0.830. The van der Waals surface area contributed by atoms with Gasteiger partial charge in [0.25, 0.3) is 0 Å². The summed E-state index contributed by atoms with van der Waals surface area (Å²) >= 11 is 12.0. The number of halogens is 2. The molecule has 0 aliphatic carbocycles. The molecule has 0 atom stereocenters. The molecular weight excluding hydrogens is 247 g/mol. The highest BCUT2D eigenvalue weighted by Gasteiger charge is 2.10. The number of benzene rings is 1. The van der Waals surface area contributed by atoms with Crippen molar-refractivity contribution in [2.45, 2.75) is 13.5 Å². The first kappa shape index (κ1) is 11.3. The molecule has 0 spiro atoms. The highest BCUT2D eigenvalue weighted by molar-refractivity contribution is 6.32. The fraction of sp³-hybridized carbons (Fsp3) is 0.182. The summed E-state index contributed by atoms with van der Waals surface area (Å²) < 4.78 is 7.22. The Morgan fingerprint density at radius 2 is 2.00 bits per heavy atom. The van der Waals surface area contributed by atoms with Gasteiger partial charge in [-0.1, -0.05) is 35.3 Å². The molecule has 1 heterocycles. The van der Waals surface area contributed by atoms with Gasteiger partial charge in [0, 0.05) is 6.54 Å². The predicted octanol–water partition coefficient (Wildman–Crippen LogP) is 4.00. The summed E-state index contributed by atoms with van der Waals surface area (Å²) in [5.41, 5.74) is 0. The highest BCUT2D eigenvalue weighted by Crippen LogP contribution is 2.32. The molecule has 0 radical (unpaired) electrons. The number of hydrogen-bond acceptors (Lipinski definition) is 2. The first-order chi connectivity index (χ1) is 7.72. The van der Waals surface area contributed by atoms with E-state index in [1.165, 1.54) is 0 Å². The van der Waals surface area contributed by atoms with E-state index in [-0.39, 0.29) is 0 Å². The van der Waals surface area contributed by atoms with E-state index in [9.17, 15) is 0 Å². The molecule has 0 bridgehead atoms. The van der Waals surface area contributed by atoms with Gasteiger partial charge in [-0.25, -0.2) is 0 Å². The molecule has 0 fully saturated rings. The maximum Gasteiger partial charge on any atom is 0.184 e. The van der Waals surface area contributed by atoms with Crippen LogP contribution >= 0.6 is 23.2 Å². The lowest BCUT2D eigenvalue weighted by Crippen LogP contribution is -1.95. The molecule has 5 heteroatoms. The number of para-hydroxylation sites is 1. The second-order valence-electron chi connectivity index (χ2n) is 3.15. The van der Waals surface area contributed by atoms with Crippen LogP contribution in [0.25, 0.3) is 0 Å². The molecule has 0 saturated carbocycles. The lowest BCUT2D eigenvalue weighted by Gasteiger charge is -2.05. The maximum atomic E-state index is 6.06. The summed E-state index contributed by atoms with van der Waals surface area (Å²) in [6.07, 6.45) is 1.58. The zero-order valence-electron chi connectivity index (χ0n) is 8.65. The molecule has 1 aromatic carbocycles. The smallest absolute Gasteiger partial charge is 0.184 e. The van der Waals surface area contributed by atoms with Crippen LogP contribution in [0.15, 0.2) is 30.5 Å². The van der Waals surface area contributed by atoms with E-state index in [4.69, 9.17) is 27.9 Å². The van der Waals surface area contributed by atoms with Gasteiger partial charge in [0.15, 0.2) is 10.9 Å². The second kappa shape index (κ2) is 4.76. The summed E-state index contributed by atoms with van der Waals surface area (Å²) in [6.45, 7) is 2.66. The minimum absolute atomic E-state index is 0.474. The Morgan fingerprint density at radius 1 is 1.25 bits per heavy atom. The number of ether oxygens (including phenoxy) is 1. The molecular formula is C11H10Cl2N2O. The first-order valence-electron chi connectivity index (χ1n) is 4.86. The largest absolute Gasteiger partial charge is 0.451 e. The van der Waals surface area contributed by atoms with Crippen LogP contribution in [0.2, 0.25) is 10.2 Å². The maximum absolute atomic E-state index is 6.06. The zero-order chi connectivity index (χ0) is 11.5. The number of aryl methyl sites for hydroxylation is 1. The van der Waals surface area contributed by atoms with Crippen LogP contribution in [0.4, 0.5) is 0 Å². The van der Waals surface area contributed by atoms with Crippen LogP contribution in [-0.4, -0.2) is 9.78 Å². The molecule has 3 nitrogen and oxygen atoms in total. The van der Waals surface area contributed by atoms with Gasteiger partial charge in [0.05, 0.1) is 11.2 Å². The van der Waals surface area contributed by atoms with Gasteiger partial charge >= 0.3 is 0 Å². The number of hydrogen-bond donors (Lipinski definition) is 0. The highest BCUT2D eigenvalue weighted by atomic mass is 35.5. The summed E-state index contributed by atoms with van der Waals surface area (Å²) in [4.78, 5) is 0. The van der Waals surface area contributed by atoms with E-state index in [0.717, 1.165) is 0 Å². The Balaban J connectivity index is 2.27. The van der Waals surface area contributed by atoms with E-state index < -0.39 is 0 Å².